The molecule has 0 fully saturated rings. The van der Waals surface area contributed by atoms with Crippen molar-refractivity contribution in [1.82, 2.24) is 5.32 Å². The highest BCUT2D eigenvalue weighted by molar-refractivity contribution is 5.39. The maximum absolute atomic E-state index is 14.1. The minimum atomic E-state index is -0.337. The van der Waals surface area contributed by atoms with Crippen LogP contribution in [-0.4, -0.2) is 7.05 Å². The van der Waals surface area contributed by atoms with E-state index in [9.17, 15) is 4.39 Å². The molecule has 0 aliphatic carbocycles. The third-order valence-electron chi connectivity index (χ3n) is 3.46. The number of nitrogens with one attached hydrogen (secondary N) is 1. The molecular weight excluding hydrogens is 253 g/mol. The van der Waals surface area contributed by atoms with Gasteiger partial charge in [0.15, 0.2) is 11.6 Å². The fourth-order valence-corrected chi connectivity index (χ4v) is 2.05. The number of rotatable bonds is 5. The number of para-hydroxylation sites is 1. The Morgan fingerprint density at radius 1 is 1.15 bits per heavy atom. The Balaban J connectivity index is 2.26. The van der Waals surface area contributed by atoms with Gasteiger partial charge < -0.3 is 10.1 Å². The Bertz CT molecular complexity index is 583. The Kier molecular flexibility index (Phi) is 4.74. The molecule has 2 rings (SSSR count). The van der Waals surface area contributed by atoms with Crippen LogP contribution in [0.1, 0.15) is 31.0 Å². The average Bonchev–Trinajstić information content (AvgIpc) is 2.49. The zero-order chi connectivity index (χ0) is 14.5. The lowest BCUT2D eigenvalue weighted by Crippen LogP contribution is -2.12. The van der Waals surface area contributed by atoms with Crippen LogP contribution in [0.2, 0.25) is 0 Å². The highest BCUT2D eigenvalue weighted by Gasteiger charge is 2.10. The summed E-state index contributed by atoms with van der Waals surface area (Å²) >= 11 is 0. The molecule has 106 valence electrons. The molecule has 0 amide bonds. The lowest BCUT2D eigenvalue weighted by Gasteiger charge is -2.14. The van der Waals surface area contributed by atoms with E-state index >= 15 is 0 Å². The van der Waals surface area contributed by atoms with E-state index in [-0.39, 0.29) is 17.6 Å². The number of hydrogen-bond donors (Lipinski definition) is 1. The van der Waals surface area contributed by atoms with Crippen molar-refractivity contribution in [2.45, 2.75) is 26.3 Å². The molecule has 1 N–H and O–H groups in total. The lowest BCUT2D eigenvalue weighted by molar-refractivity contribution is 0.436. The summed E-state index contributed by atoms with van der Waals surface area (Å²) in [5.74, 6) is 0.636. The first kappa shape index (κ1) is 14.5. The first-order chi connectivity index (χ1) is 9.65. The van der Waals surface area contributed by atoms with E-state index in [4.69, 9.17) is 4.74 Å². The van der Waals surface area contributed by atoms with Crippen molar-refractivity contribution in [3.8, 4) is 11.5 Å². The second-order valence-corrected chi connectivity index (χ2v) is 4.76. The predicted molar refractivity (Wildman–Crippen MR) is 79.8 cm³/mol. The maximum Gasteiger partial charge on any atom is 0.166 e. The minimum absolute atomic E-state index is 0.112. The smallest absolute Gasteiger partial charge is 0.166 e. The third kappa shape index (κ3) is 3.17. The first-order valence-electron chi connectivity index (χ1n) is 6.88. The van der Waals surface area contributed by atoms with Gasteiger partial charge in [0.25, 0.3) is 0 Å². The van der Waals surface area contributed by atoms with Gasteiger partial charge in [0.2, 0.25) is 0 Å². The molecule has 0 aliphatic heterocycles. The summed E-state index contributed by atoms with van der Waals surface area (Å²) in [5, 5.41) is 3.09. The van der Waals surface area contributed by atoms with Gasteiger partial charge in [0.1, 0.15) is 5.75 Å². The molecule has 0 bridgehead atoms. The van der Waals surface area contributed by atoms with E-state index in [0.29, 0.717) is 5.75 Å². The molecule has 1 unspecified atom stereocenters. The van der Waals surface area contributed by atoms with Crippen molar-refractivity contribution >= 4 is 0 Å². The Morgan fingerprint density at radius 3 is 2.55 bits per heavy atom. The quantitative estimate of drug-likeness (QED) is 0.868. The summed E-state index contributed by atoms with van der Waals surface area (Å²) in [6, 6.07) is 12.9. The number of hydrogen-bond acceptors (Lipinski definition) is 2. The van der Waals surface area contributed by atoms with Gasteiger partial charge in [0, 0.05) is 6.04 Å². The van der Waals surface area contributed by atoms with Gasteiger partial charge in [-0.3, -0.25) is 0 Å². The topological polar surface area (TPSA) is 21.3 Å². The van der Waals surface area contributed by atoms with E-state index in [1.165, 1.54) is 6.07 Å². The van der Waals surface area contributed by atoms with Crippen molar-refractivity contribution in [3.05, 3.63) is 59.4 Å². The van der Waals surface area contributed by atoms with E-state index in [0.717, 1.165) is 17.5 Å². The van der Waals surface area contributed by atoms with Crippen LogP contribution in [0.4, 0.5) is 4.39 Å². The van der Waals surface area contributed by atoms with Crippen molar-refractivity contribution in [2.75, 3.05) is 7.05 Å². The van der Waals surface area contributed by atoms with Crippen molar-refractivity contribution in [2.24, 2.45) is 0 Å². The van der Waals surface area contributed by atoms with Crippen LogP contribution in [0.5, 0.6) is 11.5 Å². The summed E-state index contributed by atoms with van der Waals surface area (Å²) in [6.07, 6.45) is 0.854. The Morgan fingerprint density at radius 2 is 1.90 bits per heavy atom. The van der Waals surface area contributed by atoms with Gasteiger partial charge in [-0.15, -0.1) is 0 Å². The molecule has 0 saturated heterocycles. The fraction of sp³-hybridized carbons (Fsp3) is 0.294. The van der Waals surface area contributed by atoms with Crippen LogP contribution in [0.15, 0.2) is 42.5 Å². The fourth-order valence-electron chi connectivity index (χ4n) is 2.05. The van der Waals surface area contributed by atoms with Gasteiger partial charge in [0.05, 0.1) is 0 Å². The molecule has 2 nitrogen and oxygen atoms in total. The van der Waals surface area contributed by atoms with Crippen LogP contribution in [0, 0.1) is 5.82 Å². The second-order valence-electron chi connectivity index (χ2n) is 4.76. The molecule has 0 saturated carbocycles. The summed E-state index contributed by atoms with van der Waals surface area (Å²) < 4.78 is 19.8. The molecule has 2 aromatic carbocycles. The molecule has 0 spiro atoms. The van der Waals surface area contributed by atoms with Crippen LogP contribution in [-0.2, 0) is 6.42 Å². The SMILES string of the molecule is CCc1ccccc1Oc1ccc(C(C)NC)cc1F. The monoisotopic (exact) mass is 273 g/mol. The molecule has 0 aliphatic rings. The van der Waals surface area contributed by atoms with Crippen LogP contribution in [0.3, 0.4) is 0 Å². The van der Waals surface area contributed by atoms with Crippen LogP contribution >= 0.6 is 0 Å². The van der Waals surface area contributed by atoms with Crippen molar-refractivity contribution in [1.29, 1.82) is 0 Å². The van der Waals surface area contributed by atoms with Gasteiger partial charge in [-0.1, -0.05) is 31.2 Å². The van der Waals surface area contributed by atoms with Gasteiger partial charge >= 0.3 is 0 Å². The van der Waals surface area contributed by atoms with Crippen LogP contribution < -0.4 is 10.1 Å². The summed E-state index contributed by atoms with van der Waals surface area (Å²) in [6.45, 7) is 4.04. The lowest BCUT2D eigenvalue weighted by atomic mass is 10.1. The van der Waals surface area contributed by atoms with E-state index in [2.05, 4.69) is 12.2 Å². The van der Waals surface area contributed by atoms with Crippen molar-refractivity contribution in [3.63, 3.8) is 0 Å². The molecule has 1 atom stereocenters. The third-order valence-corrected chi connectivity index (χ3v) is 3.46. The molecule has 20 heavy (non-hydrogen) atoms. The summed E-state index contributed by atoms with van der Waals surface area (Å²) in [7, 11) is 1.85. The van der Waals surface area contributed by atoms with Gasteiger partial charge in [-0.2, -0.15) is 0 Å². The van der Waals surface area contributed by atoms with Crippen LogP contribution in [0.25, 0.3) is 0 Å². The maximum atomic E-state index is 14.1. The van der Waals surface area contributed by atoms with E-state index < -0.39 is 0 Å². The zero-order valence-corrected chi connectivity index (χ0v) is 12.1. The Hall–Kier alpha value is -1.87. The first-order valence-corrected chi connectivity index (χ1v) is 6.88. The number of ether oxygens (including phenoxy) is 1. The van der Waals surface area contributed by atoms with Gasteiger partial charge in [-0.25, -0.2) is 4.39 Å². The molecular formula is C17H20FNO. The van der Waals surface area contributed by atoms with E-state index in [1.54, 1.807) is 6.07 Å². The number of halogens is 1. The highest BCUT2D eigenvalue weighted by atomic mass is 19.1. The highest BCUT2D eigenvalue weighted by Crippen LogP contribution is 2.29. The largest absolute Gasteiger partial charge is 0.454 e. The van der Waals surface area contributed by atoms with E-state index in [1.807, 2.05) is 44.3 Å². The molecule has 0 aromatic heterocycles. The summed E-state index contributed by atoms with van der Waals surface area (Å²) in [4.78, 5) is 0. The second kappa shape index (κ2) is 6.53. The van der Waals surface area contributed by atoms with Gasteiger partial charge in [-0.05, 0) is 49.7 Å². The number of benzene rings is 2. The summed E-state index contributed by atoms with van der Waals surface area (Å²) in [5.41, 5.74) is 1.97. The van der Waals surface area contributed by atoms with Crippen molar-refractivity contribution < 1.29 is 9.13 Å². The zero-order valence-electron chi connectivity index (χ0n) is 12.1. The standard InChI is InChI=1S/C17H20FNO/c1-4-13-7-5-6-8-16(13)20-17-10-9-14(11-15(17)18)12(2)19-3/h5-12,19H,4H2,1-3H3. The minimum Gasteiger partial charge on any atom is -0.454 e. The predicted octanol–water partition coefficient (Wildman–Crippen LogP) is 4.46. The number of aryl methyl sites for hydroxylation is 1. The molecule has 2 aromatic rings. The average molecular weight is 273 g/mol. The molecule has 0 radical (unpaired) electrons. The molecule has 0 heterocycles. The normalized spacial score (nSPS) is 12.2. The molecule has 3 heteroatoms. The Labute approximate surface area is 119 Å².